The van der Waals surface area contributed by atoms with Crippen LogP contribution in [-0.2, 0) is 17.6 Å². The van der Waals surface area contributed by atoms with Crippen LogP contribution in [0.1, 0.15) is 16.9 Å². The fraction of sp³-hybridized carbons (Fsp3) is 0.364. The van der Waals surface area contributed by atoms with E-state index in [0.717, 1.165) is 42.1 Å². The van der Waals surface area contributed by atoms with Gasteiger partial charge < -0.3 is 19.7 Å². The van der Waals surface area contributed by atoms with E-state index in [0.29, 0.717) is 30.8 Å². The summed E-state index contributed by atoms with van der Waals surface area (Å²) < 4.78 is 36.1. The van der Waals surface area contributed by atoms with Gasteiger partial charge in [0.1, 0.15) is 28.8 Å². The molecule has 1 aliphatic carbocycles. The van der Waals surface area contributed by atoms with Gasteiger partial charge in [0.05, 0.1) is 36.4 Å². The first kappa shape index (κ1) is 22.3. The Bertz CT molecular complexity index is 1360. The summed E-state index contributed by atoms with van der Waals surface area (Å²) in [6, 6.07) is 3.81. The molecule has 0 aliphatic heterocycles. The van der Waals surface area contributed by atoms with Gasteiger partial charge in [-0.15, -0.1) is 11.3 Å². The Morgan fingerprint density at radius 1 is 1.38 bits per heavy atom. The van der Waals surface area contributed by atoms with E-state index in [1.807, 2.05) is 12.1 Å². The number of alkyl halides is 2. The lowest BCUT2D eigenvalue weighted by molar-refractivity contribution is 0.0425. The molecule has 0 saturated heterocycles. The van der Waals surface area contributed by atoms with Crippen LogP contribution in [0.3, 0.4) is 0 Å². The number of amides is 1. The minimum Gasteiger partial charge on any atom is -0.494 e. The zero-order valence-corrected chi connectivity index (χ0v) is 19.3. The SMILES string of the molecule is COc1cc2[nH]ncc2cc1Nc1ncnc2sc3c(c12)CCC(OC(=O)N(C)CC(F)F)C3. The van der Waals surface area contributed by atoms with Gasteiger partial charge in [0.15, 0.2) is 0 Å². The predicted molar refractivity (Wildman–Crippen MR) is 124 cm³/mol. The molecule has 34 heavy (non-hydrogen) atoms. The number of H-pyrrole nitrogens is 1. The lowest BCUT2D eigenvalue weighted by Crippen LogP contribution is -2.36. The molecule has 9 nitrogen and oxygen atoms in total. The molecule has 1 atom stereocenters. The number of nitrogens with zero attached hydrogens (tertiary/aromatic N) is 4. The standard InChI is InChI=1S/C22H22F2N6O3S/c1-30(9-18(23)24)22(31)33-12-3-4-13-17(6-12)34-21-19(13)20(25-10-26-21)28-15-5-11-8-27-29-14(11)7-16(15)32-2/h5,7-8,10,12,18H,3-4,6,9H2,1-2H3,(H,27,29)(H,25,26,28). The number of aromatic nitrogens is 4. The third-order valence-corrected chi connectivity index (χ3v) is 6.97. The molecule has 0 saturated carbocycles. The van der Waals surface area contributed by atoms with Crippen LogP contribution in [0, 0.1) is 0 Å². The number of carbonyl (C=O) groups excluding carboxylic acids is 1. The maximum absolute atomic E-state index is 12.6. The van der Waals surface area contributed by atoms with Gasteiger partial charge in [-0.2, -0.15) is 5.10 Å². The molecular formula is C22H22F2N6O3S. The van der Waals surface area contributed by atoms with E-state index < -0.39 is 19.1 Å². The van der Waals surface area contributed by atoms with E-state index in [9.17, 15) is 13.6 Å². The maximum Gasteiger partial charge on any atom is 0.409 e. The number of fused-ring (bicyclic) bond motifs is 4. The summed E-state index contributed by atoms with van der Waals surface area (Å²) >= 11 is 1.53. The maximum atomic E-state index is 12.6. The number of carbonyl (C=O) groups is 1. The van der Waals surface area contributed by atoms with Crippen LogP contribution in [0.2, 0.25) is 0 Å². The van der Waals surface area contributed by atoms with E-state index in [1.165, 1.54) is 24.7 Å². The number of ether oxygens (including phenoxy) is 2. The first-order valence-electron chi connectivity index (χ1n) is 10.7. The fourth-order valence-corrected chi connectivity index (χ4v) is 5.41. The number of hydrogen-bond donors (Lipinski definition) is 2. The van der Waals surface area contributed by atoms with Crippen LogP contribution in [0.4, 0.5) is 25.1 Å². The highest BCUT2D eigenvalue weighted by atomic mass is 32.1. The van der Waals surface area contributed by atoms with Gasteiger partial charge in [0, 0.05) is 29.8 Å². The van der Waals surface area contributed by atoms with Crippen molar-refractivity contribution in [1.29, 1.82) is 0 Å². The van der Waals surface area contributed by atoms with Gasteiger partial charge in [0.25, 0.3) is 6.43 Å². The molecule has 0 fully saturated rings. The highest BCUT2D eigenvalue weighted by Gasteiger charge is 2.28. The second-order valence-corrected chi connectivity index (χ2v) is 9.14. The van der Waals surface area contributed by atoms with Crippen molar-refractivity contribution in [2.75, 3.05) is 26.0 Å². The highest BCUT2D eigenvalue weighted by Crippen LogP contribution is 2.41. The summed E-state index contributed by atoms with van der Waals surface area (Å²) in [5.41, 5.74) is 2.73. The third-order valence-electron chi connectivity index (χ3n) is 5.80. The molecule has 12 heteroatoms. The lowest BCUT2D eigenvalue weighted by atomic mass is 9.94. The molecule has 2 N–H and O–H groups in total. The second-order valence-electron chi connectivity index (χ2n) is 8.06. The zero-order valence-electron chi connectivity index (χ0n) is 18.5. The van der Waals surface area contributed by atoms with Crippen molar-refractivity contribution in [2.24, 2.45) is 0 Å². The molecule has 4 aromatic rings. The summed E-state index contributed by atoms with van der Waals surface area (Å²) in [6.45, 7) is -0.654. The zero-order chi connectivity index (χ0) is 23.8. The van der Waals surface area contributed by atoms with Crippen molar-refractivity contribution >= 4 is 50.1 Å². The Kier molecular flexibility index (Phi) is 5.90. The van der Waals surface area contributed by atoms with Crippen LogP contribution < -0.4 is 10.1 Å². The molecule has 3 heterocycles. The van der Waals surface area contributed by atoms with Gasteiger partial charge in [-0.05, 0) is 24.5 Å². The van der Waals surface area contributed by atoms with Crippen molar-refractivity contribution in [2.45, 2.75) is 31.8 Å². The minimum atomic E-state index is -2.60. The van der Waals surface area contributed by atoms with Crippen molar-refractivity contribution in [3.05, 3.63) is 35.1 Å². The molecule has 0 spiro atoms. The van der Waals surface area contributed by atoms with Gasteiger partial charge in [-0.1, -0.05) is 0 Å². The molecule has 1 amide bonds. The second kappa shape index (κ2) is 9.01. The average Bonchev–Trinajstić information content (AvgIpc) is 3.41. The molecule has 178 valence electrons. The van der Waals surface area contributed by atoms with E-state index in [-0.39, 0.29) is 6.10 Å². The number of nitrogens with one attached hydrogen (secondary N) is 2. The average molecular weight is 489 g/mol. The van der Waals surface area contributed by atoms with Crippen molar-refractivity contribution in [3.63, 3.8) is 0 Å². The highest BCUT2D eigenvalue weighted by molar-refractivity contribution is 7.19. The van der Waals surface area contributed by atoms with Crippen LogP contribution in [0.15, 0.2) is 24.7 Å². The molecule has 5 rings (SSSR count). The molecule has 0 bridgehead atoms. The Labute approximate surface area is 197 Å². The number of hydrogen-bond acceptors (Lipinski definition) is 8. The lowest BCUT2D eigenvalue weighted by Gasteiger charge is -2.25. The molecule has 3 aromatic heterocycles. The molecular weight excluding hydrogens is 466 g/mol. The number of aromatic amines is 1. The summed E-state index contributed by atoms with van der Waals surface area (Å²) in [6.07, 6.45) is 1.29. The Morgan fingerprint density at radius 2 is 2.24 bits per heavy atom. The first-order chi connectivity index (χ1) is 16.4. The number of halogens is 2. The number of benzene rings is 1. The van der Waals surface area contributed by atoms with Gasteiger partial charge in [-0.3, -0.25) is 5.10 Å². The van der Waals surface area contributed by atoms with Gasteiger partial charge in [-0.25, -0.2) is 23.5 Å². The van der Waals surface area contributed by atoms with Crippen LogP contribution in [-0.4, -0.2) is 64.4 Å². The molecule has 1 aromatic carbocycles. The van der Waals surface area contributed by atoms with Crippen LogP contribution >= 0.6 is 11.3 Å². The number of thiophene rings is 1. The first-order valence-corrected chi connectivity index (χ1v) is 11.5. The number of aryl methyl sites for hydroxylation is 1. The Morgan fingerprint density at radius 3 is 3.03 bits per heavy atom. The molecule has 1 unspecified atom stereocenters. The summed E-state index contributed by atoms with van der Waals surface area (Å²) in [4.78, 5) is 23.9. The quantitative estimate of drug-likeness (QED) is 0.411. The van der Waals surface area contributed by atoms with Crippen molar-refractivity contribution in [3.8, 4) is 5.75 Å². The number of anilines is 2. The van der Waals surface area contributed by atoms with Gasteiger partial charge >= 0.3 is 6.09 Å². The fourth-order valence-electron chi connectivity index (χ4n) is 4.16. The number of methoxy groups -OCH3 is 1. The van der Waals surface area contributed by atoms with E-state index >= 15 is 0 Å². The Hall–Kier alpha value is -3.54. The molecule has 0 radical (unpaired) electrons. The third kappa shape index (κ3) is 4.20. The smallest absolute Gasteiger partial charge is 0.409 e. The van der Waals surface area contributed by atoms with Crippen molar-refractivity contribution in [1.82, 2.24) is 25.1 Å². The van der Waals surface area contributed by atoms with Gasteiger partial charge in [0.2, 0.25) is 0 Å². The van der Waals surface area contributed by atoms with E-state index in [1.54, 1.807) is 13.3 Å². The monoisotopic (exact) mass is 488 g/mol. The topological polar surface area (TPSA) is 105 Å². The largest absolute Gasteiger partial charge is 0.494 e. The Balaban J connectivity index is 1.41. The minimum absolute atomic E-state index is 0.374. The summed E-state index contributed by atoms with van der Waals surface area (Å²) in [7, 11) is 2.91. The normalized spacial score (nSPS) is 15.5. The van der Waals surface area contributed by atoms with Crippen LogP contribution in [0.25, 0.3) is 21.1 Å². The molecule has 1 aliphatic rings. The van der Waals surface area contributed by atoms with Crippen LogP contribution in [0.5, 0.6) is 5.75 Å². The summed E-state index contributed by atoms with van der Waals surface area (Å²) in [5, 5.41) is 12.2. The van der Waals surface area contributed by atoms with E-state index in [4.69, 9.17) is 9.47 Å². The predicted octanol–water partition coefficient (Wildman–Crippen LogP) is 4.51. The number of rotatable bonds is 6. The summed E-state index contributed by atoms with van der Waals surface area (Å²) in [5.74, 6) is 1.31. The van der Waals surface area contributed by atoms with E-state index in [2.05, 4.69) is 25.5 Å². The van der Waals surface area contributed by atoms with Crippen molar-refractivity contribution < 1.29 is 23.0 Å².